The highest BCUT2D eigenvalue weighted by Gasteiger charge is 2.13. The summed E-state index contributed by atoms with van der Waals surface area (Å²) in [6.45, 7) is 1.76. The minimum atomic E-state index is -0.892. The summed E-state index contributed by atoms with van der Waals surface area (Å²) in [5.41, 5.74) is 2.82. The van der Waals surface area contributed by atoms with E-state index in [1.54, 1.807) is 6.92 Å². The molecule has 0 fully saturated rings. The number of amides is 1. The van der Waals surface area contributed by atoms with Gasteiger partial charge in [0.25, 0.3) is 0 Å². The van der Waals surface area contributed by atoms with E-state index < -0.39 is 11.9 Å². The van der Waals surface area contributed by atoms with Crippen molar-refractivity contribution in [1.29, 1.82) is 0 Å². The van der Waals surface area contributed by atoms with Crippen LogP contribution in [-0.2, 0) is 22.4 Å². The lowest BCUT2D eigenvalue weighted by atomic mass is 10.1. The van der Waals surface area contributed by atoms with Crippen LogP contribution in [0.2, 0.25) is 0 Å². The van der Waals surface area contributed by atoms with Crippen molar-refractivity contribution in [3.8, 4) is 0 Å². The van der Waals surface area contributed by atoms with E-state index in [2.05, 4.69) is 23.5 Å². The zero-order valence-electron chi connectivity index (χ0n) is 11.5. The van der Waals surface area contributed by atoms with Gasteiger partial charge >= 0.3 is 5.97 Å². The summed E-state index contributed by atoms with van der Waals surface area (Å²) in [5, 5.41) is 11.4. The Morgan fingerprint density at radius 3 is 2.85 bits per heavy atom. The Morgan fingerprint density at radius 2 is 2.10 bits per heavy atom. The van der Waals surface area contributed by atoms with Gasteiger partial charge in [-0.1, -0.05) is 13.0 Å². The van der Waals surface area contributed by atoms with Crippen LogP contribution in [0.25, 0.3) is 0 Å². The lowest BCUT2D eigenvalue weighted by Gasteiger charge is -2.08. The lowest BCUT2D eigenvalue weighted by Crippen LogP contribution is -2.32. The molecule has 1 atom stereocenters. The number of carboxylic acids is 1. The van der Waals surface area contributed by atoms with Gasteiger partial charge in [0.2, 0.25) is 5.91 Å². The molecule has 0 heterocycles. The molecule has 0 bridgehead atoms. The zero-order chi connectivity index (χ0) is 14.5. The molecule has 1 unspecified atom stereocenters. The molecule has 5 heteroatoms. The molecule has 1 aromatic carbocycles. The largest absolute Gasteiger partial charge is 0.481 e. The first-order valence-corrected chi connectivity index (χ1v) is 7.79. The molecule has 0 saturated heterocycles. The first-order valence-electron chi connectivity index (χ1n) is 6.80. The third-order valence-electron chi connectivity index (χ3n) is 3.47. The van der Waals surface area contributed by atoms with Crippen molar-refractivity contribution in [1.82, 2.24) is 5.32 Å². The standard InChI is InChI=1S/C15H19NO3S/c1-10(15(18)19)8-16-14(17)9-20-13-6-5-11-3-2-4-12(11)7-13/h5-7,10H,2-4,8-9H2,1H3,(H,16,17)(H,18,19). The second-order valence-electron chi connectivity index (χ2n) is 5.12. The summed E-state index contributed by atoms with van der Waals surface area (Å²) >= 11 is 1.50. The maximum atomic E-state index is 11.7. The number of hydrogen-bond donors (Lipinski definition) is 2. The Labute approximate surface area is 123 Å². The third-order valence-corrected chi connectivity index (χ3v) is 4.46. The van der Waals surface area contributed by atoms with E-state index in [1.807, 2.05) is 0 Å². The molecule has 4 nitrogen and oxygen atoms in total. The molecule has 1 aliphatic rings. The number of carbonyl (C=O) groups is 2. The minimum absolute atomic E-state index is 0.122. The van der Waals surface area contributed by atoms with E-state index in [-0.39, 0.29) is 12.5 Å². The topological polar surface area (TPSA) is 66.4 Å². The van der Waals surface area contributed by atoms with E-state index in [0.29, 0.717) is 5.75 Å². The van der Waals surface area contributed by atoms with Crippen molar-refractivity contribution in [3.63, 3.8) is 0 Å². The Morgan fingerprint density at radius 1 is 1.35 bits per heavy atom. The molecule has 2 rings (SSSR count). The van der Waals surface area contributed by atoms with Crippen LogP contribution in [0.1, 0.15) is 24.5 Å². The van der Waals surface area contributed by atoms with Crippen LogP contribution in [0, 0.1) is 5.92 Å². The zero-order valence-corrected chi connectivity index (χ0v) is 12.3. The van der Waals surface area contributed by atoms with Gasteiger partial charge in [-0.3, -0.25) is 9.59 Å². The van der Waals surface area contributed by atoms with Crippen LogP contribution in [0.4, 0.5) is 0 Å². The van der Waals surface area contributed by atoms with Crippen molar-refractivity contribution in [2.75, 3.05) is 12.3 Å². The molecule has 1 aromatic rings. The van der Waals surface area contributed by atoms with E-state index >= 15 is 0 Å². The summed E-state index contributed by atoms with van der Waals surface area (Å²) in [5.74, 6) is -1.24. The van der Waals surface area contributed by atoms with Crippen LogP contribution >= 0.6 is 11.8 Å². The van der Waals surface area contributed by atoms with Crippen LogP contribution in [0.15, 0.2) is 23.1 Å². The summed E-state index contributed by atoms with van der Waals surface area (Å²) < 4.78 is 0. The van der Waals surface area contributed by atoms with Gasteiger partial charge in [0, 0.05) is 11.4 Å². The Balaban J connectivity index is 1.77. The predicted octanol–water partition coefficient (Wildman–Crippen LogP) is 2.10. The van der Waals surface area contributed by atoms with Crippen LogP contribution in [0.3, 0.4) is 0 Å². The molecule has 0 radical (unpaired) electrons. The fourth-order valence-corrected chi connectivity index (χ4v) is 2.98. The minimum Gasteiger partial charge on any atom is -0.481 e. The van der Waals surface area contributed by atoms with E-state index in [0.717, 1.165) is 17.7 Å². The Hall–Kier alpha value is -1.49. The third kappa shape index (κ3) is 4.00. The summed E-state index contributed by atoms with van der Waals surface area (Å²) in [4.78, 5) is 23.4. The van der Waals surface area contributed by atoms with Crippen LogP contribution in [0.5, 0.6) is 0 Å². The highest BCUT2D eigenvalue weighted by atomic mass is 32.2. The molecule has 0 spiro atoms. The molecular weight excluding hydrogens is 274 g/mol. The maximum absolute atomic E-state index is 11.7. The molecule has 0 aliphatic heterocycles. The van der Waals surface area contributed by atoms with Crippen molar-refractivity contribution in [2.45, 2.75) is 31.1 Å². The van der Waals surface area contributed by atoms with Crippen molar-refractivity contribution in [3.05, 3.63) is 29.3 Å². The van der Waals surface area contributed by atoms with Gasteiger partial charge in [-0.2, -0.15) is 0 Å². The summed E-state index contributed by atoms with van der Waals surface area (Å²) in [7, 11) is 0. The predicted molar refractivity (Wildman–Crippen MR) is 79.0 cm³/mol. The number of aliphatic carboxylic acids is 1. The van der Waals surface area contributed by atoms with E-state index in [9.17, 15) is 9.59 Å². The molecule has 0 aromatic heterocycles. The Kier molecular flexibility index (Phi) is 5.06. The highest BCUT2D eigenvalue weighted by molar-refractivity contribution is 8.00. The monoisotopic (exact) mass is 293 g/mol. The quantitative estimate of drug-likeness (QED) is 0.788. The van der Waals surface area contributed by atoms with Gasteiger partial charge in [0.05, 0.1) is 11.7 Å². The van der Waals surface area contributed by atoms with Gasteiger partial charge < -0.3 is 10.4 Å². The molecule has 20 heavy (non-hydrogen) atoms. The molecule has 108 valence electrons. The number of fused-ring (bicyclic) bond motifs is 1. The molecule has 1 aliphatic carbocycles. The molecular formula is C15H19NO3S. The number of benzene rings is 1. The normalized spacial score (nSPS) is 14.7. The molecule has 0 saturated carbocycles. The first-order chi connectivity index (χ1) is 9.56. The van der Waals surface area contributed by atoms with Crippen LogP contribution in [-0.4, -0.2) is 29.3 Å². The first kappa shape index (κ1) is 14.9. The second-order valence-corrected chi connectivity index (χ2v) is 6.16. The Bertz CT molecular complexity index is 516. The van der Waals surface area contributed by atoms with Gasteiger partial charge in [0.1, 0.15) is 0 Å². The molecule has 2 N–H and O–H groups in total. The number of hydrogen-bond acceptors (Lipinski definition) is 3. The average molecular weight is 293 g/mol. The van der Waals surface area contributed by atoms with Gasteiger partial charge in [-0.25, -0.2) is 0 Å². The van der Waals surface area contributed by atoms with Crippen LogP contribution < -0.4 is 5.32 Å². The maximum Gasteiger partial charge on any atom is 0.308 e. The van der Waals surface area contributed by atoms with Gasteiger partial charge in [0.15, 0.2) is 0 Å². The van der Waals surface area contributed by atoms with Gasteiger partial charge in [-0.05, 0) is 42.5 Å². The van der Waals surface area contributed by atoms with Crippen molar-refractivity contribution in [2.24, 2.45) is 5.92 Å². The fraction of sp³-hybridized carbons (Fsp3) is 0.467. The van der Waals surface area contributed by atoms with Crippen molar-refractivity contribution < 1.29 is 14.7 Å². The SMILES string of the molecule is CC(CNC(=O)CSc1ccc2c(c1)CCC2)C(=O)O. The second kappa shape index (κ2) is 6.79. The van der Waals surface area contributed by atoms with Gasteiger partial charge in [-0.15, -0.1) is 11.8 Å². The fourth-order valence-electron chi connectivity index (χ4n) is 2.19. The van der Waals surface area contributed by atoms with Crippen molar-refractivity contribution >= 4 is 23.6 Å². The number of carbonyl (C=O) groups excluding carboxylic acids is 1. The highest BCUT2D eigenvalue weighted by Crippen LogP contribution is 2.27. The summed E-state index contributed by atoms with van der Waals surface area (Å²) in [6.07, 6.45) is 3.51. The smallest absolute Gasteiger partial charge is 0.308 e. The number of nitrogens with one attached hydrogen (secondary N) is 1. The lowest BCUT2D eigenvalue weighted by molar-refractivity contribution is -0.141. The number of carboxylic acid groups (broad SMARTS) is 1. The van der Waals surface area contributed by atoms with E-state index in [4.69, 9.17) is 5.11 Å². The van der Waals surface area contributed by atoms with E-state index in [1.165, 1.54) is 29.3 Å². The number of rotatable bonds is 6. The number of thioether (sulfide) groups is 1. The summed E-state index contributed by atoms with van der Waals surface area (Å²) in [6, 6.07) is 6.37. The number of aryl methyl sites for hydroxylation is 2. The molecule has 1 amide bonds. The average Bonchev–Trinajstić information content (AvgIpc) is 2.89.